The maximum absolute atomic E-state index is 11.4. The normalized spacial score (nSPS) is 10.0. The molecular formula is C15H24O6. The van der Waals surface area contributed by atoms with Gasteiger partial charge in [-0.25, -0.2) is 9.59 Å². The van der Waals surface area contributed by atoms with E-state index in [1.165, 1.54) is 0 Å². The number of esters is 2. The van der Waals surface area contributed by atoms with Crippen LogP contribution in [-0.4, -0.2) is 48.6 Å². The second-order valence-electron chi connectivity index (χ2n) is 4.49. The minimum absolute atomic E-state index is 0.00240. The lowest BCUT2D eigenvalue weighted by atomic mass is 10.2. The summed E-state index contributed by atoms with van der Waals surface area (Å²) in [6, 6.07) is 0. The SMILES string of the molecule is C=C(CCCO)C(=O)OCCCOC(=O)C(=C)CCCO. The van der Waals surface area contributed by atoms with Crippen molar-refractivity contribution in [2.24, 2.45) is 0 Å². The van der Waals surface area contributed by atoms with Gasteiger partial charge in [-0.1, -0.05) is 13.2 Å². The fourth-order valence-electron chi connectivity index (χ4n) is 1.38. The molecule has 0 aliphatic heterocycles. The molecule has 0 aromatic rings. The first kappa shape index (κ1) is 19.3. The van der Waals surface area contributed by atoms with Gasteiger partial charge in [0, 0.05) is 30.8 Å². The minimum atomic E-state index is -0.498. The summed E-state index contributed by atoms with van der Waals surface area (Å²) < 4.78 is 9.88. The molecule has 0 bridgehead atoms. The molecule has 0 amide bonds. The van der Waals surface area contributed by atoms with Gasteiger partial charge in [0.1, 0.15) is 0 Å². The second-order valence-corrected chi connectivity index (χ2v) is 4.49. The zero-order valence-electron chi connectivity index (χ0n) is 12.3. The quantitative estimate of drug-likeness (QED) is 0.319. The average Bonchev–Trinajstić information content (AvgIpc) is 2.49. The molecule has 2 N–H and O–H groups in total. The van der Waals surface area contributed by atoms with Crippen molar-refractivity contribution >= 4 is 11.9 Å². The van der Waals surface area contributed by atoms with Gasteiger partial charge in [0.05, 0.1) is 13.2 Å². The molecule has 21 heavy (non-hydrogen) atoms. The van der Waals surface area contributed by atoms with Crippen LogP contribution in [0.5, 0.6) is 0 Å². The van der Waals surface area contributed by atoms with E-state index in [1.807, 2.05) is 0 Å². The lowest BCUT2D eigenvalue weighted by molar-refractivity contribution is -0.141. The van der Waals surface area contributed by atoms with Crippen LogP contribution in [0.1, 0.15) is 32.1 Å². The predicted molar refractivity (Wildman–Crippen MR) is 77.5 cm³/mol. The molecule has 0 saturated heterocycles. The number of rotatable bonds is 12. The van der Waals surface area contributed by atoms with E-state index in [0.29, 0.717) is 43.3 Å². The van der Waals surface area contributed by atoms with Gasteiger partial charge in [0.15, 0.2) is 0 Å². The molecule has 0 heterocycles. The van der Waals surface area contributed by atoms with Crippen molar-refractivity contribution in [2.75, 3.05) is 26.4 Å². The Morgan fingerprint density at radius 3 is 1.48 bits per heavy atom. The Hall–Kier alpha value is -1.66. The molecule has 0 atom stereocenters. The van der Waals surface area contributed by atoms with Crippen molar-refractivity contribution in [1.82, 2.24) is 0 Å². The molecule has 0 rings (SSSR count). The third-order valence-corrected chi connectivity index (χ3v) is 2.61. The van der Waals surface area contributed by atoms with Crippen LogP contribution in [0.25, 0.3) is 0 Å². The van der Waals surface area contributed by atoms with Gasteiger partial charge < -0.3 is 19.7 Å². The van der Waals surface area contributed by atoms with Crippen molar-refractivity contribution in [3.05, 3.63) is 24.3 Å². The Morgan fingerprint density at radius 2 is 1.14 bits per heavy atom. The van der Waals surface area contributed by atoms with Crippen LogP contribution in [0.2, 0.25) is 0 Å². The number of carbonyl (C=O) groups excluding carboxylic acids is 2. The van der Waals surface area contributed by atoms with Crippen LogP contribution < -0.4 is 0 Å². The van der Waals surface area contributed by atoms with Crippen LogP contribution >= 0.6 is 0 Å². The van der Waals surface area contributed by atoms with Crippen LogP contribution in [0.3, 0.4) is 0 Å². The van der Waals surface area contributed by atoms with Crippen molar-refractivity contribution in [3.63, 3.8) is 0 Å². The Morgan fingerprint density at radius 1 is 0.762 bits per heavy atom. The topological polar surface area (TPSA) is 93.1 Å². The summed E-state index contributed by atoms with van der Waals surface area (Å²) in [5.41, 5.74) is 0.636. The summed E-state index contributed by atoms with van der Waals surface area (Å²) in [4.78, 5) is 22.8. The fraction of sp³-hybridized carbons (Fsp3) is 0.600. The van der Waals surface area contributed by atoms with Crippen molar-refractivity contribution in [2.45, 2.75) is 32.1 Å². The molecule has 0 aromatic carbocycles. The number of ether oxygens (including phenoxy) is 2. The van der Waals surface area contributed by atoms with Crippen molar-refractivity contribution in [3.8, 4) is 0 Å². The number of carbonyl (C=O) groups is 2. The zero-order valence-corrected chi connectivity index (χ0v) is 12.3. The molecule has 0 spiro atoms. The Labute approximate surface area is 125 Å². The highest BCUT2D eigenvalue weighted by molar-refractivity contribution is 5.88. The zero-order chi connectivity index (χ0) is 16.1. The molecule has 0 radical (unpaired) electrons. The Balaban J connectivity index is 3.67. The molecule has 6 nitrogen and oxygen atoms in total. The standard InChI is InChI=1S/C15H24O6/c1-12(6-3-8-16)14(18)20-10-5-11-21-15(19)13(2)7-4-9-17/h16-17H,1-11H2. The summed E-state index contributed by atoms with van der Waals surface area (Å²) in [7, 11) is 0. The second kappa shape index (κ2) is 12.1. The molecular weight excluding hydrogens is 276 g/mol. The highest BCUT2D eigenvalue weighted by Gasteiger charge is 2.09. The molecule has 0 aromatic heterocycles. The van der Waals surface area contributed by atoms with Gasteiger partial charge in [-0.15, -0.1) is 0 Å². The summed E-state index contributed by atoms with van der Waals surface area (Å²) in [5, 5.41) is 17.3. The molecule has 0 aliphatic carbocycles. The highest BCUT2D eigenvalue weighted by Crippen LogP contribution is 2.06. The van der Waals surface area contributed by atoms with Crippen LogP contribution in [0, 0.1) is 0 Å². The number of aliphatic hydroxyl groups excluding tert-OH is 2. The Kier molecular flexibility index (Phi) is 11.2. The molecule has 0 aliphatic rings. The van der Waals surface area contributed by atoms with Gasteiger partial charge in [0.2, 0.25) is 0 Å². The monoisotopic (exact) mass is 300 g/mol. The summed E-state index contributed by atoms with van der Waals surface area (Å²) >= 11 is 0. The van der Waals surface area contributed by atoms with E-state index in [-0.39, 0.29) is 26.4 Å². The smallest absolute Gasteiger partial charge is 0.333 e. The third kappa shape index (κ3) is 9.81. The van der Waals surface area contributed by atoms with Crippen LogP contribution in [0.4, 0.5) is 0 Å². The lowest BCUT2D eigenvalue weighted by Gasteiger charge is -2.08. The van der Waals surface area contributed by atoms with Gasteiger partial charge in [-0.2, -0.15) is 0 Å². The van der Waals surface area contributed by atoms with Gasteiger partial charge in [-0.05, 0) is 25.7 Å². The van der Waals surface area contributed by atoms with Crippen LogP contribution in [-0.2, 0) is 19.1 Å². The number of aliphatic hydroxyl groups is 2. The van der Waals surface area contributed by atoms with Crippen LogP contribution in [0.15, 0.2) is 24.3 Å². The maximum atomic E-state index is 11.4. The maximum Gasteiger partial charge on any atom is 0.333 e. The first-order valence-corrected chi connectivity index (χ1v) is 6.94. The Bertz CT molecular complexity index is 327. The highest BCUT2D eigenvalue weighted by atomic mass is 16.5. The van der Waals surface area contributed by atoms with Crippen molar-refractivity contribution in [1.29, 1.82) is 0 Å². The van der Waals surface area contributed by atoms with E-state index in [9.17, 15) is 9.59 Å². The summed E-state index contributed by atoms with van der Waals surface area (Å²) in [5.74, 6) is -0.996. The average molecular weight is 300 g/mol. The largest absolute Gasteiger partial charge is 0.462 e. The van der Waals surface area contributed by atoms with Gasteiger partial charge >= 0.3 is 11.9 Å². The van der Waals surface area contributed by atoms with Crippen molar-refractivity contribution < 1.29 is 29.3 Å². The van der Waals surface area contributed by atoms with E-state index in [2.05, 4.69) is 13.2 Å². The summed E-state index contributed by atoms with van der Waals surface area (Å²) in [6.45, 7) is 7.41. The lowest BCUT2D eigenvalue weighted by Crippen LogP contribution is -2.13. The fourth-order valence-corrected chi connectivity index (χ4v) is 1.38. The first-order valence-electron chi connectivity index (χ1n) is 6.94. The molecule has 0 fully saturated rings. The summed E-state index contributed by atoms with van der Waals surface area (Å²) in [6.07, 6.45) is 2.13. The van der Waals surface area contributed by atoms with E-state index in [0.717, 1.165) is 0 Å². The number of hydrogen-bond acceptors (Lipinski definition) is 6. The number of hydrogen-bond donors (Lipinski definition) is 2. The third-order valence-electron chi connectivity index (χ3n) is 2.61. The van der Waals surface area contributed by atoms with E-state index in [1.54, 1.807) is 0 Å². The van der Waals surface area contributed by atoms with E-state index < -0.39 is 11.9 Å². The minimum Gasteiger partial charge on any atom is -0.462 e. The molecule has 120 valence electrons. The molecule has 6 heteroatoms. The molecule has 0 unspecified atom stereocenters. The van der Waals surface area contributed by atoms with E-state index >= 15 is 0 Å². The molecule has 0 saturated carbocycles. The van der Waals surface area contributed by atoms with Gasteiger partial charge in [0.25, 0.3) is 0 Å². The van der Waals surface area contributed by atoms with Gasteiger partial charge in [-0.3, -0.25) is 0 Å². The first-order chi connectivity index (χ1) is 10.0. The predicted octanol–water partition coefficient (Wildman–Crippen LogP) is 1.12. The van der Waals surface area contributed by atoms with E-state index in [4.69, 9.17) is 19.7 Å².